The van der Waals surface area contributed by atoms with Gasteiger partial charge in [-0.2, -0.15) is 0 Å². The lowest BCUT2D eigenvalue weighted by Crippen LogP contribution is -2.23. The molecule has 0 fully saturated rings. The average Bonchev–Trinajstić information content (AvgIpc) is 2.75. The van der Waals surface area contributed by atoms with Crippen molar-refractivity contribution < 1.29 is 9.53 Å². The van der Waals surface area contributed by atoms with E-state index in [9.17, 15) is 9.59 Å². The van der Waals surface area contributed by atoms with E-state index in [1.165, 1.54) is 0 Å². The Morgan fingerprint density at radius 1 is 1.07 bits per heavy atom. The fourth-order valence-corrected chi connectivity index (χ4v) is 3.09. The number of carbonyl (C=O) groups excluding carboxylic acids is 1. The van der Waals surface area contributed by atoms with Gasteiger partial charge in [-0.1, -0.05) is 41.9 Å². The monoisotopic (exact) mass is 424 g/mol. The van der Waals surface area contributed by atoms with E-state index in [0.29, 0.717) is 37.6 Å². The van der Waals surface area contributed by atoms with Crippen LogP contribution in [0.5, 0.6) is 5.75 Å². The molecule has 0 aliphatic rings. The first kappa shape index (κ1) is 21.7. The maximum atomic E-state index is 12.0. The normalized spacial score (nSPS) is 10.6. The number of ether oxygens (including phenoxy) is 1. The Kier molecular flexibility index (Phi) is 7.69. The van der Waals surface area contributed by atoms with Crippen LogP contribution < -0.4 is 15.6 Å². The van der Waals surface area contributed by atoms with E-state index in [1.54, 1.807) is 22.9 Å². The van der Waals surface area contributed by atoms with Crippen molar-refractivity contribution in [2.24, 2.45) is 0 Å². The number of hydrogen-bond acceptors (Lipinski definition) is 3. The second kappa shape index (κ2) is 10.6. The predicted octanol–water partition coefficient (Wildman–Crippen LogP) is 4.33. The first-order chi connectivity index (χ1) is 14.5. The minimum Gasteiger partial charge on any atom is -0.494 e. The summed E-state index contributed by atoms with van der Waals surface area (Å²) in [4.78, 5) is 23.8. The van der Waals surface area contributed by atoms with Crippen molar-refractivity contribution >= 4 is 17.5 Å². The van der Waals surface area contributed by atoms with Gasteiger partial charge in [-0.25, -0.2) is 0 Å². The molecule has 0 radical (unpaired) electrons. The molecule has 5 nitrogen and oxygen atoms in total. The molecule has 3 rings (SSSR count). The Bertz CT molecular complexity index is 1040. The standard InChI is InChI=1S/C24H25ClN2O3/c1-18-15-21(11-12-22(18)25)30-14-4-5-23(28)26-16-19-7-9-20(10-8-19)17-27-13-3-2-6-24(27)29/h2-3,6-13,15H,4-5,14,16-17H2,1H3,(H,26,28). The summed E-state index contributed by atoms with van der Waals surface area (Å²) in [6, 6.07) is 18.5. The van der Waals surface area contributed by atoms with Gasteiger partial charge in [-0.05, 0) is 54.3 Å². The largest absolute Gasteiger partial charge is 0.494 e. The van der Waals surface area contributed by atoms with E-state index in [2.05, 4.69) is 5.32 Å². The molecule has 1 amide bonds. The highest BCUT2D eigenvalue weighted by molar-refractivity contribution is 6.31. The Hall–Kier alpha value is -3.05. The molecule has 156 valence electrons. The van der Waals surface area contributed by atoms with Crippen molar-refractivity contribution in [2.45, 2.75) is 32.9 Å². The fourth-order valence-electron chi connectivity index (χ4n) is 2.97. The third-order valence-corrected chi connectivity index (χ3v) is 5.13. The topological polar surface area (TPSA) is 60.3 Å². The molecular formula is C24H25ClN2O3. The summed E-state index contributed by atoms with van der Waals surface area (Å²) in [6.07, 6.45) is 2.81. The van der Waals surface area contributed by atoms with Gasteiger partial charge in [0.1, 0.15) is 5.75 Å². The number of pyridine rings is 1. The van der Waals surface area contributed by atoms with E-state index < -0.39 is 0 Å². The van der Waals surface area contributed by atoms with Crippen LogP contribution in [0.25, 0.3) is 0 Å². The van der Waals surface area contributed by atoms with Crippen LogP contribution in [0.3, 0.4) is 0 Å². The van der Waals surface area contributed by atoms with Crippen molar-refractivity contribution in [1.29, 1.82) is 0 Å². The van der Waals surface area contributed by atoms with Crippen molar-refractivity contribution in [3.05, 3.63) is 98.9 Å². The van der Waals surface area contributed by atoms with E-state index >= 15 is 0 Å². The number of amides is 1. The first-order valence-electron chi connectivity index (χ1n) is 9.90. The number of aromatic nitrogens is 1. The van der Waals surface area contributed by atoms with Gasteiger partial charge in [0.15, 0.2) is 0 Å². The SMILES string of the molecule is Cc1cc(OCCCC(=O)NCc2ccc(Cn3ccccc3=O)cc2)ccc1Cl. The van der Waals surface area contributed by atoms with Crippen molar-refractivity contribution in [3.63, 3.8) is 0 Å². The number of hydrogen-bond donors (Lipinski definition) is 1. The number of halogens is 1. The Labute approximate surface area is 181 Å². The zero-order chi connectivity index (χ0) is 21.3. The second-order valence-electron chi connectivity index (χ2n) is 7.12. The summed E-state index contributed by atoms with van der Waals surface area (Å²) < 4.78 is 7.32. The first-order valence-corrected chi connectivity index (χ1v) is 10.3. The summed E-state index contributed by atoms with van der Waals surface area (Å²) in [7, 11) is 0. The van der Waals surface area contributed by atoms with Gasteiger partial charge in [0.2, 0.25) is 5.91 Å². The molecule has 0 saturated carbocycles. The Morgan fingerprint density at radius 2 is 1.83 bits per heavy atom. The quantitative estimate of drug-likeness (QED) is 0.520. The van der Waals surface area contributed by atoms with E-state index in [4.69, 9.17) is 16.3 Å². The average molecular weight is 425 g/mol. The van der Waals surface area contributed by atoms with Crippen LogP contribution in [0.4, 0.5) is 0 Å². The van der Waals surface area contributed by atoms with Gasteiger partial charge in [-0.15, -0.1) is 0 Å². The number of nitrogens with one attached hydrogen (secondary N) is 1. The van der Waals surface area contributed by atoms with Crippen molar-refractivity contribution in [2.75, 3.05) is 6.61 Å². The molecule has 0 aliphatic heterocycles. The molecule has 0 aliphatic carbocycles. The van der Waals surface area contributed by atoms with E-state index in [0.717, 1.165) is 22.4 Å². The van der Waals surface area contributed by atoms with Gasteiger partial charge in [-0.3, -0.25) is 9.59 Å². The lowest BCUT2D eigenvalue weighted by atomic mass is 10.1. The van der Waals surface area contributed by atoms with Crippen LogP contribution in [0.2, 0.25) is 5.02 Å². The molecular weight excluding hydrogens is 400 g/mol. The van der Waals surface area contributed by atoms with Crippen LogP contribution in [0.1, 0.15) is 29.5 Å². The number of carbonyl (C=O) groups is 1. The molecule has 1 N–H and O–H groups in total. The van der Waals surface area contributed by atoms with Gasteiger partial charge < -0.3 is 14.6 Å². The molecule has 0 saturated heterocycles. The number of rotatable bonds is 9. The molecule has 0 bridgehead atoms. The van der Waals surface area contributed by atoms with Gasteiger partial charge in [0, 0.05) is 30.3 Å². The highest BCUT2D eigenvalue weighted by atomic mass is 35.5. The molecule has 6 heteroatoms. The molecule has 1 aromatic heterocycles. The van der Waals surface area contributed by atoms with Crippen molar-refractivity contribution in [3.8, 4) is 5.75 Å². The van der Waals surface area contributed by atoms with E-state index in [-0.39, 0.29) is 11.5 Å². The van der Waals surface area contributed by atoms with Gasteiger partial charge in [0.05, 0.1) is 13.2 Å². The van der Waals surface area contributed by atoms with Crippen LogP contribution in [-0.4, -0.2) is 17.1 Å². The van der Waals surface area contributed by atoms with Crippen molar-refractivity contribution in [1.82, 2.24) is 9.88 Å². The maximum Gasteiger partial charge on any atom is 0.250 e. The van der Waals surface area contributed by atoms with Crippen LogP contribution in [0.15, 0.2) is 71.7 Å². The fraction of sp³-hybridized carbons (Fsp3) is 0.250. The van der Waals surface area contributed by atoms with Gasteiger partial charge >= 0.3 is 0 Å². The molecule has 0 spiro atoms. The molecule has 0 unspecified atom stereocenters. The zero-order valence-electron chi connectivity index (χ0n) is 16.9. The molecule has 1 heterocycles. The molecule has 2 aromatic carbocycles. The predicted molar refractivity (Wildman–Crippen MR) is 119 cm³/mol. The second-order valence-corrected chi connectivity index (χ2v) is 7.53. The third kappa shape index (κ3) is 6.49. The van der Waals surface area contributed by atoms with Crippen LogP contribution in [-0.2, 0) is 17.9 Å². The summed E-state index contributed by atoms with van der Waals surface area (Å²) in [6.45, 7) is 3.40. The smallest absolute Gasteiger partial charge is 0.250 e. The summed E-state index contributed by atoms with van der Waals surface area (Å²) in [5.74, 6) is 0.751. The molecule has 3 aromatic rings. The van der Waals surface area contributed by atoms with Crippen LogP contribution >= 0.6 is 11.6 Å². The highest BCUT2D eigenvalue weighted by Crippen LogP contribution is 2.21. The number of aryl methyl sites for hydroxylation is 1. The lowest BCUT2D eigenvalue weighted by molar-refractivity contribution is -0.121. The van der Waals surface area contributed by atoms with Crippen LogP contribution in [0, 0.1) is 6.92 Å². The zero-order valence-corrected chi connectivity index (χ0v) is 17.7. The minimum absolute atomic E-state index is 0.00852. The Balaban J connectivity index is 1.37. The summed E-state index contributed by atoms with van der Waals surface area (Å²) in [5, 5.41) is 3.64. The number of nitrogens with zero attached hydrogens (tertiary/aromatic N) is 1. The number of benzene rings is 2. The Morgan fingerprint density at radius 3 is 2.57 bits per heavy atom. The molecule has 0 atom stereocenters. The lowest BCUT2D eigenvalue weighted by Gasteiger charge is -2.09. The van der Waals surface area contributed by atoms with Gasteiger partial charge in [0.25, 0.3) is 5.56 Å². The summed E-state index contributed by atoms with van der Waals surface area (Å²) in [5.41, 5.74) is 2.99. The highest BCUT2D eigenvalue weighted by Gasteiger charge is 2.04. The maximum absolute atomic E-state index is 12.0. The molecule has 30 heavy (non-hydrogen) atoms. The van der Waals surface area contributed by atoms with E-state index in [1.807, 2.05) is 55.5 Å². The minimum atomic E-state index is -0.0241. The third-order valence-electron chi connectivity index (χ3n) is 4.71. The summed E-state index contributed by atoms with van der Waals surface area (Å²) >= 11 is 6.00.